The maximum atomic E-state index is 6.14. The van der Waals surface area contributed by atoms with Crippen molar-refractivity contribution in [2.24, 2.45) is 5.92 Å². The van der Waals surface area contributed by atoms with Crippen LogP contribution in [0.25, 0.3) is 0 Å². The van der Waals surface area contributed by atoms with Crippen LogP contribution >= 0.6 is 22.6 Å². The first kappa shape index (κ1) is 22.8. The average Bonchev–Trinajstić information content (AvgIpc) is 3.50. The van der Waals surface area contributed by atoms with Gasteiger partial charge in [0.25, 0.3) is 0 Å². The van der Waals surface area contributed by atoms with Crippen LogP contribution in [0.3, 0.4) is 0 Å². The van der Waals surface area contributed by atoms with Crippen molar-refractivity contribution in [1.29, 1.82) is 0 Å². The van der Waals surface area contributed by atoms with Gasteiger partial charge in [-0.3, -0.25) is 0 Å². The monoisotopic (exact) mass is 489 g/mol. The number of hydrogen-bond acceptors (Lipinski definition) is 4. The molecule has 0 spiro atoms. The van der Waals surface area contributed by atoms with Gasteiger partial charge in [-0.25, -0.2) is 0 Å². The summed E-state index contributed by atoms with van der Waals surface area (Å²) >= 11 is 2.46. The molecule has 2 unspecified atom stereocenters. The molecular formula is C22H36INO3. The van der Waals surface area contributed by atoms with Gasteiger partial charge in [-0.1, -0.05) is 55.3 Å². The summed E-state index contributed by atoms with van der Waals surface area (Å²) in [5.74, 6) is 2.28. The van der Waals surface area contributed by atoms with Gasteiger partial charge in [-0.05, 0) is 42.9 Å². The van der Waals surface area contributed by atoms with Gasteiger partial charge < -0.3 is 19.5 Å². The van der Waals surface area contributed by atoms with Crippen LogP contribution in [0.1, 0.15) is 64.0 Å². The van der Waals surface area contributed by atoms with Crippen molar-refractivity contribution in [1.82, 2.24) is 5.32 Å². The molecule has 1 aliphatic rings. The van der Waals surface area contributed by atoms with Crippen molar-refractivity contribution in [3.8, 4) is 11.5 Å². The largest absolute Gasteiger partial charge is 0.490 e. The Labute approximate surface area is 178 Å². The zero-order valence-electron chi connectivity index (χ0n) is 17.1. The Bertz CT molecular complexity index is 536. The standard InChI is InChI=1S/C22H36INO3/c1-4-5-7-17(2)16-27-21-11-8-18(20(15-23)24-19-9-10-19)14-22(21)26-13-6-12-25-3/h8,11,14,17,19-20,24H,4-7,9-10,12-13,15-16H2,1-3H3. The molecule has 1 aliphatic carbocycles. The molecule has 5 heteroatoms. The molecule has 0 amide bonds. The van der Waals surface area contributed by atoms with Crippen LogP contribution in [-0.2, 0) is 4.74 Å². The van der Waals surface area contributed by atoms with E-state index in [4.69, 9.17) is 14.2 Å². The Hall–Kier alpha value is -0.530. The highest BCUT2D eigenvalue weighted by molar-refractivity contribution is 14.1. The summed E-state index contributed by atoms with van der Waals surface area (Å²) in [6.45, 7) is 6.59. The number of benzene rings is 1. The third kappa shape index (κ3) is 8.57. The highest BCUT2D eigenvalue weighted by Crippen LogP contribution is 2.33. The fraction of sp³-hybridized carbons (Fsp3) is 0.727. The van der Waals surface area contributed by atoms with Crippen LogP contribution in [-0.4, -0.2) is 37.4 Å². The van der Waals surface area contributed by atoms with Crippen molar-refractivity contribution < 1.29 is 14.2 Å². The van der Waals surface area contributed by atoms with Crippen LogP contribution < -0.4 is 14.8 Å². The van der Waals surface area contributed by atoms with Gasteiger partial charge in [0.05, 0.1) is 13.2 Å². The lowest BCUT2D eigenvalue weighted by Gasteiger charge is -2.20. The second-order valence-corrected chi connectivity index (χ2v) is 8.49. The molecule has 154 valence electrons. The number of hydrogen-bond donors (Lipinski definition) is 1. The fourth-order valence-electron chi connectivity index (χ4n) is 2.99. The van der Waals surface area contributed by atoms with Gasteiger partial charge in [0, 0.05) is 36.6 Å². The highest BCUT2D eigenvalue weighted by atomic mass is 127. The summed E-state index contributed by atoms with van der Waals surface area (Å²) in [5, 5.41) is 3.73. The minimum Gasteiger partial charge on any atom is -0.490 e. The van der Waals surface area contributed by atoms with E-state index < -0.39 is 0 Å². The topological polar surface area (TPSA) is 39.7 Å². The summed E-state index contributed by atoms with van der Waals surface area (Å²) in [7, 11) is 1.72. The molecule has 4 nitrogen and oxygen atoms in total. The van der Waals surface area contributed by atoms with Gasteiger partial charge in [-0.15, -0.1) is 0 Å². The summed E-state index contributed by atoms with van der Waals surface area (Å²) in [4.78, 5) is 0. The molecule has 27 heavy (non-hydrogen) atoms. The predicted octanol–water partition coefficient (Wildman–Crippen LogP) is 5.54. The number of unbranched alkanes of at least 4 members (excludes halogenated alkanes) is 1. The van der Waals surface area contributed by atoms with Gasteiger partial charge in [0.2, 0.25) is 0 Å². The summed E-state index contributed by atoms with van der Waals surface area (Å²) in [6.07, 6.45) is 7.17. The normalized spacial score (nSPS) is 16.1. The van der Waals surface area contributed by atoms with Crippen molar-refractivity contribution in [3.05, 3.63) is 23.8 Å². The number of ether oxygens (including phenoxy) is 3. The molecule has 2 atom stereocenters. The first-order valence-corrected chi connectivity index (χ1v) is 11.9. The lowest BCUT2D eigenvalue weighted by molar-refractivity contribution is 0.168. The average molecular weight is 489 g/mol. The molecule has 1 saturated carbocycles. The lowest BCUT2D eigenvalue weighted by Crippen LogP contribution is -2.24. The van der Waals surface area contributed by atoms with Crippen LogP contribution in [0.2, 0.25) is 0 Å². The van der Waals surface area contributed by atoms with Crippen LogP contribution in [0.15, 0.2) is 18.2 Å². The van der Waals surface area contributed by atoms with E-state index in [9.17, 15) is 0 Å². The third-order valence-corrected chi connectivity index (χ3v) is 5.74. The molecule has 1 aromatic rings. The van der Waals surface area contributed by atoms with E-state index in [0.29, 0.717) is 31.2 Å². The second-order valence-electron chi connectivity index (χ2n) is 7.61. The zero-order chi connectivity index (χ0) is 19.5. The quantitative estimate of drug-likeness (QED) is 0.200. The van der Waals surface area contributed by atoms with Crippen molar-refractivity contribution in [3.63, 3.8) is 0 Å². The van der Waals surface area contributed by atoms with Crippen LogP contribution in [0.4, 0.5) is 0 Å². The molecule has 1 aromatic carbocycles. The molecule has 1 fully saturated rings. The smallest absolute Gasteiger partial charge is 0.161 e. The van der Waals surface area contributed by atoms with Crippen LogP contribution in [0.5, 0.6) is 11.5 Å². The minimum atomic E-state index is 0.372. The SMILES string of the molecule is CCCCC(C)COc1ccc(C(CI)NC2CC2)cc1OCCCOC. The second kappa shape index (κ2) is 12.8. The van der Waals surface area contributed by atoms with Gasteiger partial charge in [0.1, 0.15) is 0 Å². The van der Waals surface area contributed by atoms with Crippen molar-refractivity contribution in [2.45, 2.75) is 64.5 Å². The molecule has 2 rings (SSSR count). The van der Waals surface area contributed by atoms with Crippen molar-refractivity contribution in [2.75, 3.05) is 31.4 Å². The molecule has 0 heterocycles. The Kier molecular flexibility index (Phi) is 10.8. The first-order valence-electron chi connectivity index (χ1n) is 10.4. The molecule has 1 N–H and O–H groups in total. The fourth-order valence-corrected chi connectivity index (χ4v) is 3.75. The molecule has 0 radical (unpaired) electrons. The highest BCUT2D eigenvalue weighted by Gasteiger charge is 2.25. The number of halogens is 1. The number of alkyl halides is 1. The lowest BCUT2D eigenvalue weighted by atomic mass is 10.1. The Morgan fingerprint density at radius 1 is 1.15 bits per heavy atom. The Balaban J connectivity index is 2.02. The zero-order valence-corrected chi connectivity index (χ0v) is 19.3. The van der Waals surface area contributed by atoms with E-state index in [-0.39, 0.29) is 0 Å². The molecule has 0 aliphatic heterocycles. The van der Waals surface area contributed by atoms with E-state index in [1.54, 1.807) is 7.11 Å². The maximum absolute atomic E-state index is 6.14. The van der Waals surface area contributed by atoms with E-state index in [1.807, 2.05) is 0 Å². The summed E-state index contributed by atoms with van der Waals surface area (Å²) < 4.78 is 18.4. The molecule has 0 saturated heterocycles. The van der Waals surface area contributed by atoms with Gasteiger partial charge in [0.15, 0.2) is 11.5 Å². The van der Waals surface area contributed by atoms with E-state index in [2.05, 4.69) is 60.0 Å². The molecule has 0 bridgehead atoms. The van der Waals surface area contributed by atoms with E-state index >= 15 is 0 Å². The molecular weight excluding hydrogens is 453 g/mol. The van der Waals surface area contributed by atoms with Crippen molar-refractivity contribution >= 4 is 22.6 Å². The minimum absolute atomic E-state index is 0.372. The summed E-state index contributed by atoms with van der Waals surface area (Å²) in [5.41, 5.74) is 1.28. The first-order chi connectivity index (χ1) is 13.2. The number of rotatable bonds is 15. The number of methoxy groups -OCH3 is 1. The van der Waals surface area contributed by atoms with E-state index in [0.717, 1.165) is 29.0 Å². The molecule has 0 aromatic heterocycles. The van der Waals surface area contributed by atoms with Gasteiger partial charge in [-0.2, -0.15) is 0 Å². The third-order valence-electron chi connectivity index (χ3n) is 4.86. The van der Waals surface area contributed by atoms with Gasteiger partial charge >= 0.3 is 0 Å². The number of nitrogens with one attached hydrogen (secondary N) is 1. The predicted molar refractivity (Wildman–Crippen MR) is 120 cm³/mol. The Morgan fingerprint density at radius 3 is 2.63 bits per heavy atom. The Morgan fingerprint density at radius 2 is 1.96 bits per heavy atom. The summed E-state index contributed by atoms with van der Waals surface area (Å²) in [6, 6.07) is 7.49. The van der Waals surface area contributed by atoms with Crippen LogP contribution in [0, 0.1) is 5.92 Å². The maximum Gasteiger partial charge on any atom is 0.161 e. The van der Waals surface area contributed by atoms with E-state index in [1.165, 1.54) is 37.7 Å².